The lowest BCUT2D eigenvalue weighted by molar-refractivity contribution is 0.176. The Labute approximate surface area is 83.2 Å². The number of rotatable bonds is 3. The quantitative estimate of drug-likeness (QED) is 0.526. The van der Waals surface area contributed by atoms with Gasteiger partial charge in [-0.1, -0.05) is 0 Å². The molecule has 2 unspecified atom stereocenters. The number of ether oxygens (including phenoxy) is 1. The smallest absolute Gasteiger partial charge is 0.0946 e. The van der Waals surface area contributed by atoms with Crippen LogP contribution in [0.1, 0.15) is 18.2 Å². The Hall–Kier alpha value is -0.910. The van der Waals surface area contributed by atoms with Crippen molar-refractivity contribution in [1.29, 1.82) is 0 Å². The molecule has 0 spiro atoms. The number of hydrazine groups is 1. The summed E-state index contributed by atoms with van der Waals surface area (Å²) in [6, 6.07) is 0.144. The summed E-state index contributed by atoms with van der Waals surface area (Å²) >= 11 is 0. The lowest BCUT2D eigenvalue weighted by Crippen LogP contribution is -2.35. The van der Waals surface area contributed by atoms with Gasteiger partial charge in [0.25, 0.3) is 0 Å². The molecule has 0 saturated carbocycles. The number of nitrogens with two attached hydrogens (primary N) is 1. The van der Waals surface area contributed by atoms with E-state index in [4.69, 9.17) is 10.6 Å². The molecule has 0 bridgehead atoms. The molecule has 1 aliphatic rings. The van der Waals surface area contributed by atoms with Gasteiger partial charge in [-0.15, -0.1) is 0 Å². The number of aromatic nitrogens is 2. The van der Waals surface area contributed by atoms with Gasteiger partial charge in [0.05, 0.1) is 24.7 Å². The lowest BCUT2D eigenvalue weighted by atomic mass is 9.97. The molecule has 2 rings (SSSR count). The topological polar surface area (TPSA) is 65.1 Å². The maximum absolute atomic E-state index is 5.57. The Morgan fingerprint density at radius 2 is 2.64 bits per heavy atom. The van der Waals surface area contributed by atoms with Gasteiger partial charge in [-0.3, -0.25) is 11.3 Å². The van der Waals surface area contributed by atoms with E-state index in [1.54, 1.807) is 6.33 Å². The first-order valence-electron chi connectivity index (χ1n) is 4.83. The van der Waals surface area contributed by atoms with Crippen molar-refractivity contribution in [2.75, 3.05) is 13.2 Å². The fourth-order valence-electron chi connectivity index (χ4n) is 1.95. The van der Waals surface area contributed by atoms with Crippen molar-refractivity contribution in [3.8, 4) is 0 Å². The van der Waals surface area contributed by atoms with Crippen LogP contribution in [0.3, 0.4) is 0 Å². The first-order chi connectivity index (χ1) is 6.83. The SMILES string of the molecule is Cn1cncc1C(NN)C1CCOC1. The first kappa shape index (κ1) is 9.64. The molecule has 1 saturated heterocycles. The molecule has 14 heavy (non-hydrogen) atoms. The summed E-state index contributed by atoms with van der Waals surface area (Å²) < 4.78 is 7.34. The van der Waals surface area contributed by atoms with Crippen LogP contribution in [-0.2, 0) is 11.8 Å². The average molecular weight is 196 g/mol. The zero-order chi connectivity index (χ0) is 9.97. The Balaban J connectivity index is 2.16. The molecule has 1 aromatic heterocycles. The van der Waals surface area contributed by atoms with Gasteiger partial charge in [0.2, 0.25) is 0 Å². The van der Waals surface area contributed by atoms with E-state index < -0.39 is 0 Å². The highest BCUT2D eigenvalue weighted by atomic mass is 16.5. The Kier molecular flexibility index (Phi) is 2.81. The highest BCUT2D eigenvalue weighted by Crippen LogP contribution is 2.27. The number of hydrogen-bond acceptors (Lipinski definition) is 4. The van der Waals surface area contributed by atoms with Crippen LogP contribution in [0.4, 0.5) is 0 Å². The monoisotopic (exact) mass is 196 g/mol. The van der Waals surface area contributed by atoms with E-state index in [1.165, 1.54) is 0 Å². The first-order valence-corrected chi connectivity index (χ1v) is 4.83. The van der Waals surface area contributed by atoms with Crippen LogP contribution in [-0.4, -0.2) is 22.8 Å². The van der Waals surface area contributed by atoms with Gasteiger partial charge in [0, 0.05) is 25.8 Å². The Bertz CT molecular complexity index is 293. The maximum atomic E-state index is 5.57. The molecule has 5 heteroatoms. The van der Waals surface area contributed by atoms with E-state index in [1.807, 2.05) is 17.8 Å². The van der Waals surface area contributed by atoms with Crippen LogP contribution in [0, 0.1) is 5.92 Å². The molecule has 3 N–H and O–H groups in total. The zero-order valence-electron chi connectivity index (χ0n) is 8.31. The predicted octanol–water partition coefficient (Wildman–Crippen LogP) is -0.0390. The van der Waals surface area contributed by atoms with Gasteiger partial charge in [0.1, 0.15) is 0 Å². The number of hydrogen-bond donors (Lipinski definition) is 2. The summed E-state index contributed by atoms with van der Waals surface area (Å²) in [5.74, 6) is 6.02. The van der Waals surface area contributed by atoms with Crippen LogP contribution in [0.2, 0.25) is 0 Å². The van der Waals surface area contributed by atoms with E-state index >= 15 is 0 Å². The molecule has 5 nitrogen and oxygen atoms in total. The number of aryl methyl sites for hydroxylation is 1. The van der Waals surface area contributed by atoms with Crippen LogP contribution >= 0.6 is 0 Å². The van der Waals surface area contributed by atoms with Crippen molar-refractivity contribution < 1.29 is 4.74 Å². The van der Waals surface area contributed by atoms with Gasteiger partial charge in [-0.05, 0) is 6.42 Å². The second kappa shape index (κ2) is 4.08. The van der Waals surface area contributed by atoms with Crippen molar-refractivity contribution in [2.45, 2.75) is 12.5 Å². The molecular formula is C9H16N4O. The molecule has 0 amide bonds. The van der Waals surface area contributed by atoms with Crippen LogP contribution in [0.15, 0.2) is 12.5 Å². The number of nitrogens with zero attached hydrogens (tertiary/aromatic N) is 2. The third-order valence-corrected chi connectivity index (χ3v) is 2.79. The second-order valence-corrected chi connectivity index (χ2v) is 3.70. The van der Waals surface area contributed by atoms with Crippen molar-refractivity contribution in [3.05, 3.63) is 18.2 Å². The van der Waals surface area contributed by atoms with Gasteiger partial charge in [0.15, 0.2) is 0 Å². The van der Waals surface area contributed by atoms with Gasteiger partial charge >= 0.3 is 0 Å². The molecular weight excluding hydrogens is 180 g/mol. The average Bonchev–Trinajstić information content (AvgIpc) is 2.80. The summed E-state index contributed by atoms with van der Waals surface area (Å²) in [4.78, 5) is 4.09. The van der Waals surface area contributed by atoms with Crippen LogP contribution < -0.4 is 11.3 Å². The van der Waals surface area contributed by atoms with Crippen molar-refractivity contribution in [2.24, 2.45) is 18.8 Å². The minimum Gasteiger partial charge on any atom is -0.381 e. The molecule has 2 atom stereocenters. The number of imidazole rings is 1. The van der Waals surface area contributed by atoms with Gasteiger partial charge < -0.3 is 9.30 Å². The van der Waals surface area contributed by atoms with Crippen molar-refractivity contribution in [3.63, 3.8) is 0 Å². The zero-order valence-corrected chi connectivity index (χ0v) is 8.31. The number of nitrogens with one attached hydrogen (secondary N) is 1. The van der Waals surface area contributed by atoms with E-state index in [0.29, 0.717) is 5.92 Å². The Morgan fingerprint density at radius 1 is 1.79 bits per heavy atom. The third kappa shape index (κ3) is 1.66. The predicted molar refractivity (Wildman–Crippen MR) is 52.2 cm³/mol. The lowest BCUT2D eigenvalue weighted by Gasteiger charge is -2.21. The molecule has 2 heterocycles. The fraction of sp³-hybridized carbons (Fsp3) is 0.667. The standard InChI is InChI=1S/C9H16N4O/c1-13-6-11-4-8(13)9(12-10)7-2-3-14-5-7/h4,6-7,9,12H,2-3,5,10H2,1H3. The van der Waals surface area contributed by atoms with Crippen LogP contribution in [0.25, 0.3) is 0 Å². The molecule has 0 radical (unpaired) electrons. The van der Waals surface area contributed by atoms with Gasteiger partial charge in [-0.25, -0.2) is 4.98 Å². The summed E-state index contributed by atoms with van der Waals surface area (Å²) in [6.45, 7) is 1.61. The summed E-state index contributed by atoms with van der Waals surface area (Å²) in [5, 5.41) is 0. The molecule has 78 valence electrons. The van der Waals surface area contributed by atoms with Crippen molar-refractivity contribution >= 4 is 0 Å². The van der Waals surface area contributed by atoms with E-state index in [9.17, 15) is 0 Å². The Morgan fingerprint density at radius 3 is 3.14 bits per heavy atom. The fourth-order valence-corrected chi connectivity index (χ4v) is 1.95. The largest absolute Gasteiger partial charge is 0.381 e. The molecule has 1 aromatic rings. The molecule has 0 aliphatic carbocycles. The van der Waals surface area contributed by atoms with Gasteiger partial charge in [-0.2, -0.15) is 0 Å². The normalized spacial score (nSPS) is 24.0. The second-order valence-electron chi connectivity index (χ2n) is 3.70. The summed E-state index contributed by atoms with van der Waals surface area (Å²) in [5.41, 5.74) is 3.96. The summed E-state index contributed by atoms with van der Waals surface area (Å²) in [6.07, 6.45) is 4.69. The van der Waals surface area contributed by atoms with E-state index in [0.717, 1.165) is 25.3 Å². The third-order valence-electron chi connectivity index (χ3n) is 2.79. The highest BCUT2D eigenvalue weighted by Gasteiger charge is 2.27. The minimum absolute atomic E-state index is 0.144. The maximum Gasteiger partial charge on any atom is 0.0946 e. The molecule has 1 aliphatic heterocycles. The molecule has 1 fully saturated rings. The highest BCUT2D eigenvalue weighted by molar-refractivity contribution is 5.06. The van der Waals surface area contributed by atoms with E-state index in [-0.39, 0.29) is 6.04 Å². The van der Waals surface area contributed by atoms with Crippen molar-refractivity contribution in [1.82, 2.24) is 15.0 Å². The summed E-state index contributed by atoms with van der Waals surface area (Å²) in [7, 11) is 1.97. The molecule has 0 aromatic carbocycles. The minimum atomic E-state index is 0.144. The van der Waals surface area contributed by atoms with E-state index in [2.05, 4.69) is 10.4 Å². The van der Waals surface area contributed by atoms with Crippen LogP contribution in [0.5, 0.6) is 0 Å².